The first-order valence-electron chi connectivity index (χ1n) is 11.7. The molecule has 0 heterocycles. The molecule has 2 aromatic rings. The number of nitrogens with one attached hydrogen (secondary N) is 3. The van der Waals surface area contributed by atoms with Crippen molar-refractivity contribution in [3.63, 3.8) is 0 Å². The van der Waals surface area contributed by atoms with Crippen LogP contribution in [0.5, 0.6) is 0 Å². The predicted molar refractivity (Wildman–Crippen MR) is 137 cm³/mol. The van der Waals surface area contributed by atoms with Gasteiger partial charge in [-0.3, -0.25) is 19.2 Å². The van der Waals surface area contributed by atoms with Crippen LogP contribution in [-0.4, -0.2) is 41.1 Å². The summed E-state index contributed by atoms with van der Waals surface area (Å²) < 4.78 is 14.4. The third-order valence-electron chi connectivity index (χ3n) is 5.15. The molecule has 0 radical (unpaired) electrons. The molecule has 0 saturated heterocycles. The number of amides is 3. The third-order valence-corrected chi connectivity index (χ3v) is 5.45. The van der Waals surface area contributed by atoms with Crippen molar-refractivity contribution >= 4 is 35.1 Å². The lowest BCUT2D eigenvalue weighted by Gasteiger charge is -2.25. The summed E-state index contributed by atoms with van der Waals surface area (Å²) in [5, 5.41) is 7.59. The van der Waals surface area contributed by atoms with E-state index in [4.69, 9.17) is 11.6 Å². The molecule has 3 N–H and O–H groups in total. The Kier molecular flexibility index (Phi) is 10.2. The Balaban J connectivity index is 2.29. The van der Waals surface area contributed by atoms with Gasteiger partial charge in [-0.25, -0.2) is 4.39 Å². The Hall–Kier alpha value is -3.26. The van der Waals surface area contributed by atoms with Gasteiger partial charge in [0.15, 0.2) is 5.82 Å². The lowest BCUT2D eigenvalue weighted by atomic mass is 9.98. The number of carbonyl (C=O) groups excluding carboxylic acids is 4. The van der Waals surface area contributed by atoms with E-state index in [1.807, 2.05) is 19.9 Å². The number of hydrogen-bond acceptors (Lipinski definition) is 4. The van der Waals surface area contributed by atoms with Crippen LogP contribution in [0.25, 0.3) is 0 Å². The van der Waals surface area contributed by atoms with Crippen molar-refractivity contribution in [3.05, 3.63) is 70.5 Å². The highest BCUT2D eigenvalue weighted by molar-refractivity contribution is 6.38. The lowest BCUT2D eigenvalue weighted by Crippen LogP contribution is -2.56. The molecule has 0 aromatic heterocycles. The van der Waals surface area contributed by atoms with Crippen molar-refractivity contribution in [1.29, 1.82) is 0 Å². The van der Waals surface area contributed by atoms with Crippen molar-refractivity contribution in [3.8, 4) is 0 Å². The van der Waals surface area contributed by atoms with E-state index in [0.29, 0.717) is 0 Å². The van der Waals surface area contributed by atoms with Crippen LogP contribution in [0.4, 0.5) is 4.39 Å². The summed E-state index contributed by atoms with van der Waals surface area (Å²) in [7, 11) is 0. The van der Waals surface area contributed by atoms with E-state index < -0.39 is 46.9 Å². The number of Topliss-reactive ketones (excluding diaryl/α,β-unsaturated/α-hetero) is 1. The Bertz CT molecular complexity index is 1100. The minimum absolute atomic E-state index is 0.0160. The Morgan fingerprint density at radius 2 is 1.56 bits per heavy atom. The van der Waals surface area contributed by atoms with E-state index in [0.717, 1.165) is 5.56 Å². The number of ketones is 1. The maximum absolute atomic E-state index is 14.4. The molecule has 7 nitrogen and oxygen atoms in total. The molecule has 1 unspecified atom stereocenters. The number of benzene rings is 2. The van der Waals surface area contributed by atoms with Crippen molar-refractivity contribution in [2.45, 2.75) is 65.1 Å². The molecule has 9 heteroatoms. The van der Waals surface area contributed by atoms with Gasteiger partial charge in [0.2, 0.25) is 11.7 Å². The highest BCUT2D eigenvalue weighted by Crippen LogP contribution is 2.18. The average Bonchev–Trinajstić information content (AvgIpc) is 2.78. The first-order valence-corrected chi connectivity index (χ1v) is 12.1. The van der Waals surface area contributed by atoms with Crippen LogP contribution in [0, 0.1) is 11.7 Å². The van der Waals surface area contributed by atoms with Gasteiger partial charge >= 0.3 is 0 Å². The fourth-order valence-electron chi connectivity index (χ4n) is 3.51. The van der Waals surface area contributed by atoms with Crippen LogP contribution >= 0.6 is 11.6 Å². The van der Waals surface area contributed by atoms with E-state index in [2.05, 4.69) is 16.0 Å². The molecule has 3 amide bonds. The minimum Gasteiger partial charge on any atom is -0.345 e. The van der Waals surface area contributed by atoms with E-state index in [9.17, 15) is 23.6 Å². The lowest BCUT2D eigenvalue weighted by molar-refractivity contribution is -0.141. The molecule has 2 aromatic carbocycles. The topological polar surface area (TPSA) is 104 Å². The number of hydrogen-bond donors (Lipinski definition) is 3. The molecular formula is C27H33ClFN3O4. The van der Waals surface area contributed by atoms with Gasteiger partial charge in [0, 0.05) is 12.0 Å². The zero-order valence-corrected chi connectivity index (χ0v) is 21.9. The second-order valence-corrected chi connectivity index (χ2v) is 10.5. The van der Waals surface area contributed by atoms with Gasteiger partial charge in [0.25, 0.3) is 11.8 Å². The van der Waals surface area contributed by atoms with Gasteiger partial charge < -0.3 is 16.0 Å². The van der Waals surface area contributed by atoms with E-state index in [1.165, 1.54) is 18.2 Å². The van der Waals surface area contributed by atoms with Gasteiger partial charge in [0.05, 0.1) is 10.6 Å². The Morgan fingerprint density at radius 3 is 2.14 bits per heavy atom. The highest BCUT2D eigenvalue weighted by atomic mass is 35.5. The smallest absolute Gasteiger partial charge is 0.290 e. The first-order chi connectivity index (χ1) is 16.8. The number of rotatable bonds is 10. The molecule has 194 valence electrons. The first kappa shape index (κ1) is 29.0. The van der Waals surface area contributed by atoms with Crippen LogP contribution in [0.3, 0.4) is 0 Å². The molecule has 0 fully saturated rings. The molecule has 0 saturated carbocycles. The fourth-order valence-corrected chi connectivity index (χ4v) is 3.68. The molecule has 0 aliphatic heterocycles. The maximum atomic E-state index is 14.4. The second-order valence-electron chi connectivity index (χ2n) is 10.1. The number of halogens is 2. The van der Waals surface area contributed by atoms with Gasteiger partial charge in [0.1, 0.15) is 12.1 Å². The quantitative estimate of drug-likeness (QED) is 0.416. The zero-order valence-electron chi connectivity index (χ0n) is 21.2. The van der Waals surface area contributed by atoms with E-state index in [1.54, 1.807) is 45.0 Å². The number of carbonyl (C=O) groups is 4. The van der Waals surface area contributed by atoms with Crippen LogP contribution in [0.15, 0.2) is 48.5 Å². The van der Waals surface area contributed by atoms with Gasteiger partial charge in [-0.05, 0) is 50.8 Å². The largest absolute Gasteiger partial charge is 0.345 e. The van der Waals surface area contributed by atoms with Crippen molar-refractivity contribution in [2.24, 2.45) is 5.92 Å². The summed E-state index contributed by atoms with van der Waals surface area (Å²) in [5.41, 5.74) is -0.209. The summed E-state index contributed by atoms with van der Waals surface area (Å²) in [5.74, 6) is -4.01. The van der Waals surface area contributed by atoms with Crippen molar-refractivity contribution < 1.29 is 23.6 Å². The monoisotopic (exact) mass is 517 g/mol. The van der Waals surface area contributed by atoms with E-state index in [-0.39, 0.29) is 29.3 Å². The Labute approximate surface area is 216 Å². The van der Waals surface area contributed by atoms with Crippen LogP contribution < -0.4 is 16.0 Å². The molecule has 0 bridgehead atoms. The SMILES string of the molecule is CC(C)C[C@H](NC(=O)c1cccc(Cl)c1F)C(=O)NC(Cc1ccccc1)C(=O)C(=O)NC(C)(C)C. The molecule has 0 spiro atoms. The summed E-state index contributed by atoms with van der Waals surface area (Å²) in [6.07, 6.45) is 0.300. The van der Waals surface area contributed by atoms with E-state index >= 15 is 0 Å². The summed E-state index contributed by atoms with van der Waals surface area (Å²) in [6.45, 7) is 8.94. The predicted octanol–water partition coefficient (Wildman–Crippen LogP) is 3.83. The normalized spacial score (nSPS) is 13.0. The Morgan fingerprint density at radius 1 is 0.917 bits per heavy atom. The van der Waals surface area contributed by atoms with Gasteiger partial charge in [-0.1, -0.05) is 61.8 Å². The molecule has 0 aliphatic rings. The van der Waals surface area contributed by atoms with Crippen molar-refractivity contribution in [1.82, 2.24) is 16.0 Å². The highest BCUT2D eigenvalue weighted by Gasteiger charge is 2.32. The van der Waals surface area contributed by atoms with Crippen LogP contribution in [0.2, 0.25) is 5.02 Å². The average molecular weight is 518 g/mol. The minimum atomic E-state index is -1.17. The van der Waals surface area contributed by atoms with Crippen LogP contribution in [0.1, 0.15) is 57.0 Å². The van der Waals surface area contributed by atoms with Crippen molar-refractivity contribution in [2.75, 3.05) is 0 Å². The molecule has 2 atom stereocenters. The summed E-state index contributed by atoms with van der Waals surface area (Å²) >= 11 is 5.79. The molecule has 2 rings (SSSR count). The fraction of sp³-hybridized carbons (Fsp3) is 0.407. The third kappa shape index (κ3) is 8.75. The molecule has 0 aliphatic carbocycles. The standard InChI is InChI=1S/C27H33ClFN3O4/c1-16(2)14-21(31-24(34)18-12-9-13-19(28)22(18)29)25(35)30-20(15-17-10-7-6-8-11-17)23(33)26(36)32-27(3,4)5/h6-13,16,20-21H,14-15H2,1-5H3,(H,30,35)(H,31,34)(H,32,36)/t20?,21-/m0/s1. The van der Waals surface area contributed by atoms with Gasteiger partial charge in [-0.15, -0.1) is 0 Å². The van der Waals surface area contributed by atoms with Gasteiger partial charge in [-0.2, -0.15) is 0 Å². The zero-order chi connectivity index (χ0) is 27.0. The molecular weight excluding hydrogens is 485 g/mol. The molecule has 36 heavy (non-hydrogen) atoms. The summed E-state index contributed by atoms with van der Waals surface area (Å²) in [6, 6.07) is 10.7. The maximum Gasteiger partial charge on any atom is 0.290 e. The van der Waals surface area contributed by atoms with Crippen LogP contribution in [-0.2, 0) is 20.8 Å². The summed E-state index contributed by atoms with van der Waals surface area (Å²) in [4.78, 5) is 51.7. The second kappa shape index (κ2) is 12.6.